The number of benzene rings is 1. The second-order valence-electron chi connectivity index (χ2n) is 4.72. The van der Waals surface area contributed by atoms with Crippen molar-refractivity contribution in [3.8, 4) is 5.75 Å². The van der Waals surface area contributed by atoms with E-state index in [1.54, 1.807) is 24.3 Å². The Balaban J connectivity index is 1.86. The average Bonchev–Trinajstić information content (AvgIpc) is 2.49. The normalized spacial score (nSPS) is 18.3. The van der Waals surface area contributed by atoms with E-state index in [1.807, 2.05) is 0 Å². The largest absolute Gasteiger partial charge is 0.491 e. The maximum atomic E-state index is 12.1. The monoisotopic (exact) mass is 293 g/mol. The quantitative estimate of drug-likeness (QED) is 0.728. The summed E-state index contributed by atoms with van der Waals surface area (Å²) < 4.78 is 10.6. The van der Waals surface area contributed by atoms with Crippen LogP contribution in [0, 0.1) is 0 Å². The predicted molar refractivity (Wildman–Crippen MR) is 76.5 cm³/mol. The molecule has 2 rings (SSSR count). The number of amides is 2. The molecule has 1 aliphatic heterocycles. The summed E-state index contributed by atoms with van der Waals surface area (Å²) in [4.78, 5) is 24.9. The van der Waals surface area contributed by atoms with Crippen LogP contribution in [0.2, 0.25) is 0 Å². The van der Waals surface area contributed by atoms with Gasteiger partial charge >= 0.3 is 0 Å². The number of hydrogen-bond acceptors (Lipinski definition) is 5. The molecule has 1 fully saturated rings. The minimum absolute atomic E-state index is 0.146. The van der Waals surface area contributed by atoms with Gasteiger partial charge in [-0.2, -0.15) is 0 Å². The fourth-order valence-corrected chi connectivity index (χ4v) is 2.14. The maximum Gasteiger partial charge on any atom is 0.242 e. The lowest BCUT2D eigenvalue weighted by Crippen LogP contribution is -2.54. The molecular formula is C14H19N3O4. The summed E-state index contributed by atoms with van der Waals surface area (Å²) in [5, 5.41) is 0. The molecule has 114 valence electrons. The first-order chi connectivity index (χ1) is 10.1. The van der Waals surface area contributed by atoms with E-state index in [-0.39, 0.29) is 25.5 Å². The Labute approximate surface area is 122 Å². The van der Waals surface area contributed by atoms with Crippen LogP contribution in [0.5, 0.6) is 5.75 Å². The van der Waals surface area contributed by atoms with Crippen molar-refractivity contribution in [2.45, 2.75) is 12.5 Å². The molecule has 0 spiro atoms. The first-order valence-corrected chi connectivity index (χ1v) is 6.73. The number of para-hydroxylation sites is 2. The molecule has 0 bridgehead atoms. The molecule has 0 radical (unpaired) electrons. The molecule has 21 heavy (non-hydrogen) atoms. The molecule has 1 aromatic rings. The molecular weight excluding hydrogens is 274 g/mol. The van der Waals surface area contributed by atoms with Crippen LogP contribution in [-0.2, 0) is 14.3 Å². The molecule has 0 aromatic heterocycles. The summed E-state index contributed by atoms with van der Waals surface area (Å²) in [6.45, 7) is 1.10. The summed E-state index contributed by atoms with van der Waals surface area (Å²) in [5.74, 6) is -0.202. The lowest BCUT2D eigenvalue weighted by molar-refractivity contribution is -0.147. The number of primary amides is 1. The smallest absolute Gasteiger partial charge is 0.242 e. The van der Waals surface area contributed by atoms with Crippen molar-refractivity contribution in [1.82, 2.24) is 4.90 Å². The Hall–Kier alpha value is -2.28. The van der Waals surface area contributed by atoms with Gasteiger partial charge in [-0.15, -0.1) is 0 Å². The lowest BCUT2D eigenvalue weighted by Gasteiger charge is -2.33. The van der Waals surface area contributed by atoms with Crippen molar-refractivity contribution in [1.29, 1.82) is 0 Å². The first kappa shape index (κ1) is 15.1. The zero-order valence-electron chi connectivity index (χ0n) is 11.7. The van der Waals surface area contributed by atoms with Gasteiger partial charge in [0.05, 0.1) is 31.9 Å². The number of carbonyl (C=O) groups excluding carboxylic acids is 2. The van der Waals surface area contributed by atoms with Crippen molar-refractivity contribution in [2.24, 2.45) is 5.73 Å². The van der Waals surface area contributed by atoms with Gasteiger partial charge in [0, 0.05) is 6.54 Å². The molecule has 4 N–H and O–H groups in total. The molecule has 1 atom stereocenters. The van der Waals surface area contributed by atoms with Crippen molar-refractivity contribution in [3.05, 3.63) is 24.3 Å². The van der Waals surface area contributed by atoms with E-state index in [0.717, 1.165) is 0 Å². The van der Waals surface area contributed by atoms with E-state index >= 15 is 0 Å². The number of morpholine rings is 1. The lowest BCUT2D eigenvalue weighted by atomic mass is 10.2. The Morgan fingerprint density at radius 1 is 1.38 bits per heavy atom. The Morgan fingerprint density at radius 2 is 2.14 bits per heavy atom. The van der Waals surface area contributed by atoms with Gasteiger partial charge in [0.2, 0.25) is 11.8 Å². The van der Waals surface area contributed by atoms with Crippen LogP contribution in [0.4, 0.5) is 5.69 Å². The summed E-state index contributed by atoms with van der Waals surface area (Å²) in [6, 6.07) is 6.37. The van der Waals surface area contributed by atoms with Crippen LogP contribution in [0.15, 0.2) is 24.3 Å². The van der Waals surface area contributed by atoms with Crippen LogP contribution < -0.4 is 16.2 Å². The Morgan fingerprint density at radius 3 is 2.86 bits per heavy atom. The van der Waals surface area contributed by atoms with Crippen LogP contribution in [0.1, 0.15) is 6.42 Å². The van der Waals surface area contributed by atoms with Crippen LogP contribution in [0.3, 0.4) is 0 Å². The van der Waals surface area contributed by atoms with Crippen molar-refractivity contribution in [3.63, 3.8) is 0 Å². The summed E-state index contributed by atoms with van der Waals surface area (Å²) in [5.41, 5.74) is 11.5. The fraction of sp³-hybridized carbons (Fsp3) is 0.429. The fourth-order valence-electron chi connectivity index (χ4n) is 2.14. The highest BCUT2D eigenvalue weighted by molar-refractivity contribution is 5.87. The molecule has 0 saturated carbocycles. The highest BCUT2D eigenvalue weighted by Gasteiger charge is 2.30. The van der Waals surface area contributed by atoms with Crippen molar-refractivity contribution < 1.29 is 19.1 Å². The molecule has 1 saturated heterocycles. The molecule has 7 nitrogen and oxygen atoms in total. The van der Waals surface area contributed by atoms with E-state index < -0.39 is 11.9 Å². The van der Waals surface area contributed by atoms with E-state index in [1.165, 1.54) is 4.90 Å². The number of anilines is 1. The van der Waals surface area contributed by atoms with Crippen molar-refractivity contribution in [2.75, 3.05) is 32.1 Å². The van der Waals surface area contributed by atoms with Gasteiger partial charge in [-0.1, -0.05) is 12.1 Å². The van der Waals surface area contributed by atoms with Gasteiger partial charge in [-0.25, -0.2) is 0 Å². The topological polar surface area (TPSA) is 108 Å². The number of nitrogen functional groups attached to an aromatic ring is 1. The van der Waals surface area contributed by atoms with Crippen LogP contribution >= 0.6 is 0 Å². The maximum absolute atomic E-state index is 12.1. The number of hydrogen-bond donors (Lipinski definition) is 2. The van der Waals surface area contributed by atoms with E-state index in [0.29, 0.717) is 24.6 Å². The second-order valence-corrected chi connectivity index (χ2v) is 4.72. The van der Waals surface area contributed by atoms with Gasteiger partial charge in [-0.3, -0.25) is 9.59 Å². The number of nitrogens with zero attached hydrogens (tertiary/aromatic N) is 1. The van der Waals surface area contributed by atoms with Gasteiger partial charge in [0.25, 0.3) is 0 Å². The van der Waals surface area contributed by atoms with Gasteiger partial charge in [0.15, 0.2) is 0 Å². The standard InChI is InChI=1S/C14H19N3O4/c15-10-3-1-2-4-12(10)21-7-5-13(18)17-6-8-20-9-11(17)14(16)19/h1-4,11H,5-9,15H2,(H2,16,19). The summed E-state index contributed by atoms with van der Waals surface area (Å²) >= 11 is 0. The number of nitrogens with two attached hydrogens (primary N) is 2. The molecule has 1 unspecified atom stereocenters. The first-order valence-electron chi connectivity index (χ1n) is 6.73. The molecule has 1 aliphatic rings. The minimum Gasteiger partial charge on any atom is -0.491 e. The van der Waals surface area contributed by atoms with Crippen LogP contribution in [0.25, 0.3) is 0 Å². The third-order valence-electron chi connectivity index (χ3n) is 3.27. The Kier molecular flexibility index (Phi) is 4.99. The van der Waals surface area contributed by atoms with Crippen LogP contribution in [-0.4, -0.2) is 49.1 Å². The zero-order valence-corrected chi connectivity index (χ0v) is 11.7. The minimum atomic E-state index is -0.701. The molecule has 2 amide bonds. The highest BCUT2D eigenvalue weighted by atomic mass is 16.5. The van der Waals surface area contributed by atoms with E-state index in [9.17, 15) is 9.59 Å². The molecule has 1 heterocycles. The highest BCUT2D eigenvalue weighted by Crippen LogP contribution is 2.20. The van der Waals surface area contributed by atoms with Crippen molar-refractivity contribution >= 4 is 17.5 Å². The van der Waals surface area contributed by atoms with E-state index in [2.05, 4.69) is 0 Å². The third kappa shape index (κ3) is 3.85. The average molecular weight is 293 g/mol. The number of rotatable bonds is 5. The van der Waals surface area contributed by atoms with Gasteiger partial charge in [-0.05, 0) is 12.1 Å². The molecule has 7 heteroatoms. The van der Waals surface area contributed by atoms with E-state index in [4.69, 9.17) is 20.9 Å². The predicted octanol–water partition coefficient (Wildman–Crippen LogP) is -0.250. The Bertz CT molecular complexity index is 521. The number of carbonyl (C=O) groups is 2. The zero-order chi connectivity index (χ0) is 15.2. The van der Waals surface area contributed by atoms with Gasteiger partial charge in [0.1, 0.15) is 11.8 Å². The number of ether oxygens (including phenoxy) is 2. The summed E-state index contributed by atoms with van der Waals surface area (Å²) in [6.07, 6.45) is 0.151. The molecule has 1 aromatic carbocycles. The third-order valence-corrected chi connectivity index (χ3v) is 3.27. The van der Waals surface area contributed by atoms with Gasteiger partial charge < -0.3 is 25.8 Å². The summed E-state index contributed by atoms with van der Waals surface area (Å²) in [7, 11) is 0. The second kappa shape index (κ2) is 6.94. The SMILES string of the molecule is NC(=O)C1COCCN1C(=O)CCOc1ccccc1N. The molecule has 0 aliphatic carbocycles.